The van der Waals surface area contributed by atoms with Crippen molar-refractivity contribution in [2.45, 2.75) is 13.5 Å². The Kier molecular flexibility index (Phi) is 3.99. The number of benzene rings is 1. The second kappa shape index (κ2) is 5.52. The Hall–Kier alpha value is -1.69. The van der Waals surface area contributed by atoms with Crippen LogP contribution < -0.4 is 0 Å². The zero-order chi connectivity index (χ0) is 14.0. The molecule has 0 N–H and O–H groups in total. The molecule has 1 aromatic carbocycles. The lowest BCUT2D eigenvalue weighted by Gasteiger charge is -2.15. The van der Waals surface area contributed by atoms with E-state index in [1.54, 1.807) is 26.1 Å². The van der Waals surface area contributed by atoms with Crippen molar-refractivity contribution in [2.75, 3.05) is 7.05 Å². The maximum atomic E-state index is 13.4. The average Bonchev–Trinajstić information content (AvgIpc) is 2.77. The monoisotopic (exact) mass is 326 g/mol. The summed E-state index contributed by atoms with van der Waals surface area (Å²) in [7, 11) is 1.63. The zero-order valence-corrected chi connectivity index (χ0v) is 12.1. The summed E-state index contributed by atoms with van der Waals surface area (Å²) < 4.78 is 18.7. The molecule has 0 saturated carbocycles. The van der Waals surface area contributed by atoms with Gasteiger partial charge in [0, 0.05) is 18.7 Å². The second-order valence-corrected chi connectivity index (χ2v) is 5.07. The van der Waals surface area contributed by atoms with Gasteiger partial charge >= 0.3 is 0 Å². The molecule has 0 aliphatic heterocycles. The lowest BCUT2D eigenvalue weighted by Crippen LogP contribution is -2.26. The Bertz CT molecular complexity index is 612. The molecule has 0 aliphatic carbocycles. The number of halogens is 2. The van der Waals surface area contributed by atoms with Crippen LogP contribution in [0.2, 0.25) is 0 Å². The standard InChI is InChI=1S/C13H12BrFN2O2/c1-8-5-10(16-19-8)7-17(2)13(18)9-3-4-11(14)12(15)6-9/h3-6H,7H2,1-2H3. The third-order valence-electron chi connectivity index (χ3n) is 2.59. The third-order valence-corrected chi connectivity index (χ3v) is 3.23. The van der Waals surface area contributed by atoms with E-state index in [-0.39, 0.29) is 5.91 Å². The molecule has 0 fully saturated rings. The highest BCUT2D eigenvalue weighted by atomic mass is 79.9. The molecule has 0 spiro atoms. The van der Waals surface area contributed by atoms with Gasteiger partial charge in [-0.2, -0.15) is 0 Å². The topological polar surface area (TPSA) is 46.3 Å². The van der Waals surface area contributed by atoms with E-state index in [9.17, 15) is 9.18 Å². The van der Waals surface area contributed by atoms with E-state index in [0.717, 1.165) is 0 Å². The van der Waals surface area contributed by atoms with Crippen LogP contribution in [-0.2, 0) is 6.54 Å². The van der Waals surface area contributed by atoms with Crippen LogP contribution in [-0.4, -0.2) is 23.0 Å². The molecular weight excluding hydrogens is 315 g/mol. The van der Waals surface area contributed by atoms with Crippen molar-refractivity contribution in [3.05, 3.63) is 51.6 Å². The van der Waals surface area contributed by atoms with Gasteiger partial charge in [-0.1, -0.05) is 5.16 Å². The Morgan fingerprint density at radius 2 is 2.21 bits per heavy atom. The number of amides is 1. The van der Waals surface area contributed by atoms with Gasteiger partial charge in [-0.3, -0.25) is 4.79 Å². The van der Waals surface area contributed by atoms with Gasteiger partial charge in [0.05, 0.1) is 11.0 Å². The fraction of sp³-hybridized carbons (Fsp3) is 0.231. The van der Waals surface area contributed by atoms with E-state index in [1.807, 2.05) is 0 Å². The van der Waals surface area contributed by atoms with Crippen LogP contribution in [0.5, 0.6) is 0 Å². The predicted octanol–water partition coefficient (Wildman–Crippen LogP) is 3.16. The second-order valence-electron chi connectivity index (χ2n) is 4.22. The fourth-order valence-electron chi connectivity index (χ4n) is 1.66. The normalized spacial score (nSPS) is 10.5. The van der Waals surface area contributed by atoms with Gasteiger partial charge in [-0.25, -0.2) is 4.39 Å². The molecule has 0 aliphatic rings. The van der Waals surface area contributed by atoms with Gasteiger partial charge in [-0.05, 0) is 41.1 Å². The Morgan fingerprint density at radius 3 is 2.79 bits per heavy atom. The van der Waals surface area contributed by atoms with Crippen LogP contribution in [0.3, 0.4) is 0 Å². The fourth-order valence-corrected chi connectivity index (χ4v) is 1.90. The molecule has 0 atom stereocenters. The molecule has 0 radical (unpaired) electrons. The first-order chi connectivity index (χ1) is 8.97. The Balaban J connectivity index is 2.12. The maximum absolute atomic E-state index is 13.4. The number of rotatable bonds is 3. The highest BCUT2D eigenvalue weighted by Gasteiger charge is 2.15. The van der Waals surface area contributed by atoms with Gasteiger partial charge in [0.1, 0.15) is 17.3 Å². The van der Waals surface area contributed by atoms with Crippen molar-refractivity contribution in [3.8, 4) is 0 Å². The summed E-state index contributed by atoms with van der Waals surface area (Å²) in [5.41, 5.74) is 0.953. The minimum absolute atomic E-state index is 0.271. The number of aryl methyl sites for hydroxylation is 1. The summed E-state index contributed by atoms with van der Waals surface area (Å²) >= 11 is 3.05. The largest absolute Gasteiger partial charge is 0.361 e. The van der Waals surface area contributed by atoms with Crippen LogP contribution in [0.25, 0.3) is 0 Å². The van der Waals surface area contributed by atoms with Gasteiger partial charge in [-0.15, -0.1) is 0 Å². The van der Waals surface area contributed by atoms with Crippen molar-refractivity contribution < 1.29 is 13.7 Å². The summed E-state index contributed by atoms with van der Waals surface area (Å²) in [6, 6.07) is 6.04. The summed E-state index contributed by atoms with van der Waals surface area (Å²) in [5, 5.41) is 3.81. The van der Waals surface area contributed by atoms with Crippen molar-refractivity contribution in [1.82, 2.24) is 10.1 Å². The highest BCUT2D eigenvalue weighted by Crippen LogP contribution is 2.17. The van der Waals surface area contributed by atoms with Crippen LogP contribution in [0, 0.1) is 12.7 Å². The molecule has 6 heteroatoms. The minimum Gasteiger partial charge on any atom is -0.361 e. The number of hydrogen-bond acceptors (Lipinski definition) is 3. The molecular formula is C13H12BrFN2O2. The molecule has 2 aromatic rings. The molecule has 19 heavy (non-hydrogen) atoms. The lowest BCUT2D eigenvalue weighted by molar-refractivity contribution is 0.0781. The van der Waals surface area contributed by atoms with Crippen molar-refractivity contribution in [1.29, 1.82) is 0 Å². The van der Waals surface area contributed by atoms with Crippen LogP contribution in [0.15, 0.2) is 33.3 Å². The Morgan fingerprint density at radius 1 is 1.47 bits per heavy atom. The average molecular weight is 327 g/mol. The first-order valence-electron chi connectivity index (χ1n) is 5.60. The lowest BCUT2D eigenvalue weighted by atomic mass is 10.2. The quantitative estimate of drug-likeness (QED) is 0.870. The molecule has 1 amide bonds. The molecule has 1 heterocycles. The first kappa shape index (κ1) is 13.7. The predicted molar refractivity (Wildman–Crippen MR) is 71.1 cm³/mol. The van der Waals surface area contributed by atoms with E-state index >= 15 is 0 Å². The number of aromatic nitrogens is 1. The van der Waals surface area contributed by atoms with Crippen molar-refractivity contribution in [3.63, 3.8) is 0 Å². The van der Waals surface area contributed by atoms with E-state index in [2.05, 4.69) is 21.1 Å². The van der Waals surface area contributed by atoms with Crippen molar-refractivity contribution in [2.24, 2.45) is 0 Å². The molecule has 0 unspecified atom stereocenters. The summed E-state index contributed by atoms with van der Waals surface area (Å²) in [6.07, 6.45) is 0. The zero-order valence-electron chi connectivity index (χ0n) is 10.5. The maximum Gasteiger partial charge on any atom is 0.254 e. The highest BCUT2D eigenvalue weighted by molar-refractivity contribution is 9.10. The van der Waals surface area contributed by atoms with E-state index in [4.69, 9.17) is 4.52 Å². The third kappa shape index (κ3) is 3.20. The number of carbonyl (C=O) groups is 1. The van der Waals surface area contributed by atoms with Crippen LogP contribution in [0.1, 0.15) is 21.8 Å². The minimum atomic E-state index is -0.462. The first-order valence-corrected chi connectivity index (χ1v) is 6.39. The van der Waals surface area contributed by atoms with Gasteiger partial charge in [0.25, 0.3) is 5.91 Å². The van der Waals surface area contributed by atoms with E-state index < -0.39 is 5.82 Å². The molecule has 2 rings (SSSR count). The molecule has 0 bridgehead atoms. The van der Waals surface area contributed by atoms with Gasteiger partial charge in [0.15, 0.2) is 0 Å². The van der Waals surface area contributed by atoms with E-state index in [1.165, 1.54) is 17.0 Å². The van der Waals surface area contributed by atoms with E-state index in [0.29, 0.717) is 28.0 Å². The molecule has 1 aromatic heterocycles. The number of nitrogens with zero attached hydrogens (tertiary/aromatic N) is 2. The molecule has 100 valence electrons. The number of carbonyl (C=O) groups excluding carboxylic acids is 1. The van der Waals surface area contributed by atoms with Crippen LogP contribution >= 0.6 is 15.9 Å². The smallest absolute Gasteiger partial charge is 0.254 e. The molecule has 0 saturated heterocycles. The Labute approximate surface area is 118 Å². The van der Waals surface area contributed by atoms with Gasteiger partial charge < -0.3 is 9.42 Å². The van der Waals surface area contributed by atoms with Gasteiger partial charge in [0.2, 0.25) is 0 Å². The summed E-state index contributed by atoms with van der Waals surface area (Å²) in [4.78, 5) is 13.6. The van der Waals surface area contributed by atoms with Crippen molar-refractivity contribution >= 4 is 21.8 Å². The number of hydrogen-bond donors (Lipinski definition) is 0. The summed E-state index contributed by atoms with van der Waals surface area (Å²) in [6.45, 7) is 2.09. The SMILES string of the molecule is Cc1cc(CN(C)C(=O)c2ccc(Br)c(F)c2)no1. The summed E-state index contributed by atoms with van der Waals surface area (Å²) in [5.74, 6) is -0.0471. The molecule has 4 nitrogen and oxygen atoms in total. The van der Waals surface area contributed by atoms with Crippen LogP contribution in [0.4, 0.5) is 4.39 Å².